The first-order valence-corrected chi connectivity index (χ1v) is 7.73. The molecule has 1 aromatic rings. The number of rotatable bonds is 8. The molecule has 1 rings (SSSR count). The number of benzene rings is 1. The lowest BCUT2D eigenvalue weighted by atomic mass is 10.2. The van der Waals surface area contributed by atoms with Gasteiger partial charge in [-0.15, -0.1) is 0 Å². The molecule has 0 aliphatic heterocycles. The predicted octanol–water partition coefficient (Wildman–Crippen LogP) is 4.27. The zero-order valence-corrected chi connectivity index (χ0v) is 10.8. The molecule has 0 fully saturated rings. The van der Waals surface area contributed by atoms with Crippen molar-refractivity contribution in [1.29, 1.82) is 0 Å². The topological polar surface area (TPSA) is 0 Å². The number of hydrogen-bond donors (Lipinski definition) is 0. The maximum absolute atomic E-state index is 3.83. The second-order valence-electron chi connectivity index (χ2n) is 3.36. The molecule has 0 saturated carbocycles. The quantitative estimate of drug-likeness (QED) is 0.621. The van der Waals surface area contributed by atoms with Crippen molar-refractivity contribution in [2.24, 2.45) is 0 Å². The van der Waals surface area contributed by atoms with Crippen LogP contribution in [-0.4, -0.2) is 17.3 Å². The maximum Gasteiger partial charge on any atom is 0.0184 e. The van der Waals surface area contributed by atoms with E-state index in [1.165, 1.54) is 29.2 Å². The molecular weight excluding hydrogens is 220 g/mol. The van der Waals surface area contributed by atoms with Gasteiger partial charge in [0.25, 0.3) is 0 Å². The van der Waals surface area contributed by atoms with Gasteiger partial charge in [0.15, 0.2) is 0 Å². The second-order valence-corrected chi connectivity index (χ2v) is 5.69. The Morgan fingerprint density at radius 2 is 1.67 bits per heavy atom. The fourth-order valence-electron chi connectivity index (χ4n) is 1.23. The minimum absolute atomic E-state index is 1.06. The average Bonchev–Trinajstić information content (AvgIpc) is 2.29. The summed E-state index contributed by atoms with van der Waals surface area (Å²) >= 11 is 4.06. The third-order valence-electron chi connectivity index (χ3n) is 1.98. The van der Waals surface area contributed by atoms with Gasteiger partial charge in [-0.3, -0.25) is 0 Å². The first-order chi connectivity index (χ1) is 7.43. The highest BCUT2D eigenvalue weighted by atomic mass is 32.2. The Balaban J connectivity index is 1.93. The summed E-state index contributed by atoms with van der Waals surface area (Å²) in [5.41, 5.74) is 1.44. The molecule has 0 N–H and O–H groups in total. The highest BCUT2D eigenvalue weighted by Gasteiger charge is 1.93. The first kappa shape index (κ1) is 13.0. The highest BCUT2D eigenvalue weighted by Crippen LogP contribution is 2.14. The normalized spacial score (nSPS) is 10.5. The molecule has 15 heavy (non-hydrogen) atoms. The van der Waals surface area contributed by atoms with E-state index in [0.717, 1.165) is 12.2 Å². The third-order valence-corrected chi connectivity index (χ3v) is 4.25. The van der Waals surface area contributed by atoms with Crippen molar-refractivity contribution in [2.75, 3.05) is 17.3 Å². The number of hydrogen-bond acceptors (Lipinski definition) is 2. The summed E-state index contributed by atoms with van der Waals surface area (Å²) < 4.78 is 0. The molecule has 0 spiro atoms. The molecule has 0 nitrogen and oxygen atoms in total. The molecule has 0 aliphatic rings. The van der Waals surface area contributed by atoms with E-state index in [4.69, 9.17) is 0 Å². The van der Waals surface area contributed by atoms with Crippen LogP contribution in [0.4, 0.5) is 0 Å². The standard InChI is InChI=1S/C13H19S2/c1-2-9-14-10-6-11-15-12-13-7-4-3-5-8-13/h3-5,7-8H,1-2,6,9-12H2. The summed E-state index contributed by atoms with van der Waals surface area (Å²) in [6.45, 7) is 3.83. The molecule has 0 aliphatic carbocycles. The van der Waals surface area contributed by atoms with Crippen molar-refractivity contribution in [2.45, 2.75) is 18.6 Å². The van der Waals surface area contributed by atoms with E-state index in [-0.39, 0.29) is 0 Å². The van der Waals surface area contributed by atoms with Gasteiger partial charge >= 0.3 is 0 Å². The molecule has 0 unspecified atom stereocenters. The fourth-order valence-corrected chi connectivity index (χ4v) is 3.09. The highest BCUT2D eigenvalue weighted by molar-refractivity contribution is 7.99. The Bertz CT molecular complexity index is 234. The van der Waals surface area contributed by atoms with Crippen molar-refractivity contribution in [3.8, 4) is 0 Å². The van der Waals surface area contributed by atoms with Gasteiger partial charge in [0, 0.05) is 5.75 Å². The molecule has 0 heterocycles. The molecule has 0 amide bonds. The van der Waals surface area contributed by atoms with Crippen molar-refractivity contribution < 1.29 is 0 Å². The zero-order chi connectivity index (χ0) is 10.8. The van der Waals surface area contributed by atoms with E-state index < -0.39 is 0 Å². The lowest BCUT2D eigenvalue weighted by Crippen LogP contribution is -1.87. The number of thioether (sulfide) groups is 2. The Hall–Kier alpha value is -0.0800. The van der Waals surface area contributed by atoms with Crippen molar-refractivity contribution in [3.63, 3.8) is 0 Å². The predicted molar refractivity (Wildman–Crippen MR) is 74.5 cm³/mol. The molecule has 0 saturated heterocycles. The van der Waals surface area contributed by atoms with Crippen LogP contribution in [0.1, 0.15) is 18.4 Å². The van der Waals surface area contributed by atoms with Gasteiger partial charge in [-0.25, -0.2) is 0 Å². The van der Waals surface area contributed by atoms with Crippen LogP contribution in [0.25, 0.3) is 0 Å². The van der Waals surface area contributed by atoms with Gasteiger partial charge in [0.1, 0.15) is 0 Å². The van der Waals surface area contributed by atoms with Crippen LogP contribution in [0.2, 0.25) is 0 Å². The Labute approximate surface area is 102 Å². The van der Waals surface area contributed by atoms with Gasteiger partial charge < -0.3 is 0 Å². The first-order valence-electron chi connectivity index (χ1n) is 5.42. The molecule has 2 heteroatoms. The van der Waals surface area contributed by atoms with Gasteiger partial charge in [-0.1, -0.05) is 37.3 Å². The van der Waals surface area contributed by atoms with E-state index in [1.807, 2.05) is 23.5 Å². The van der Waals surface area contributed by atoms with E-state index in [1.54, 1.807) is 0 Å². The summed E-state index contributed by atoms with van der Waals surface area (Å²) in [6.07, 6.45) is 2.38. The smallest absolute Gasteiger partial charge is 0.0184 e. The van der Waals surface area contributed by atoms with E-state index in [9.17, 15) is 0 Å². The summed E-state index contributed by atoms with van der Waals surface area (Å²) in [5.74, 6) is 4.93. The van der Waals surface area contributed by atoms with Gasteiger partial charge in [-0.2, -0.15) is 23.5 Å². The monoisotopic (exact) mass is 239 g/mol. The lowest BCUT2D eigenvalue weighted by molar-refractivity contribution is 1.11. The largest absolute Gasteiger partial charge is 0.162 e. The second kappa shape index (κ2) is 9.17. The van der Waals surface area contributed by atoms with Gasteiger partial charge in [0.05, 0.1) is 0 Å². The Morgan fingerprint density at radius 3 is 2.40 bits per heavy atom. The van der Waals surface area contributed by atoms with E-state index in [0.29, 0.717) is 0 Å². The van der Waals surface area contributed by atoms with Gasteiger partial charge in [-0.05, 0) is 35.7 Å². The Morgan fingerprint density at radius 1 is 0.933 bits per heavy atom. The summed E-state index contributed by atoms with van der Waals surface area (Å²) in [4.78, 5) is 0. The van der Waals surface area contributed by atoms with Crippen LogP contribution in [0.5, 0.6) is 0 Å². The van der Waals surface area contributed by atoms with Crippen molar-refractivity contribution in [3.05, 3.63) is 42.8 Å². The van der Waals surface area contributed by atoms with Crippen molar-refractivity contribution in [1.82, 2.24) is 0 Å². The molecule has 83 valence electrons. The molecular formula is C13H19S2. The maximum atomic E-state index is 3.83. The molecule has 0 atom stereocenters. The van der Waals surface area contributed by atoms with E-state index in [2.05, 4.69) is 37.3 Å². The Kier molecular flexibility index (Phi) is 7.94. The minimum atomic E-state index is 1.06. The van der Waals surface area contributed by atoms with Gasteiger partial charge in [0.2, 0.25) is 0 Å². The summed E-state index contributed by atoms with van der Waals surface area (Å²) in [5, 5.41) is 0. The molecule has 0 aromatic heterocycles. The van der Waals surface area contributed by atoms with Crippen LogP contribution in [-0.2, 0) is 5.75 Å². The third kappa shape index (κ3) is 6.91. The molecule has 0 bridgehead atoms. The molecule has 1 aromatic carbocycles. The summed E-state index contributed by atoms with van der Waals surface area (Å²) in [7, 11) is 0. The van der Waals surface area contributed by atoms with Crippen LogP contribution in [0.15, 0.2) is 30.3 Å². The zero-order valence-electron chi connectivity index (χ0n) is 9.15. The van der Waals surface area contributed by atoms with Crippen LogP contribution in [0.3, 0.4) is 0 Å². The van der Waals surface area contributed by atoms with Crippen LogP contribution >= 0.6 is 23.5 Å². The summed E-state index contributed by atoms with van der Waals surface area (Å²) in [6, 6.07) is 10.7. The SMILES string of the molecule is [CH2]CCSCCCSCc1ccccc1. The fraction of sp³-hybridized carbons (Fsp3) is 0.462. The minimum Gasteiger partial charge on any atom is -0.162 e. The lowest BCUT2D eigenvalue weighted by Gasteiger charge is -2.01. The van der Waals surface area contributed by atoms with E-state index >= 15 is 0 Å². The van der Waals surface area contributed by atoms with Crippen molar-refractivity contribution >= 4 is 23.5 Å². The van der Waals surface area contributed by atoms with Crippen LogP contribution < -0.4 is 0 Å². The average molecular weight is 239 g/mol. The van der Waals surface area contributed by atoms with Crippen LogP contribution in [0, 0.1) is 6.92 Å². The molecule has 1 radical (unpaired) electrons.